The molecule has 8 heteroatoms. The van der Waals surface area contributed by atoms with Crippen molar-refractivity contribution in [1.82, 2.24) is 0 Å². The van der Waals surface area contributed by atoms with E-state index >= 15 is 0 Å². The van der Waals surface area contributed by atoms with Gasteiger partial charge in [-0.25, -0.2) is 0 Å². The second-order valence-electron chi connectivity index (χ2n) is 12.7. The molecule has 1 saturated carbocycles. The van der Waals surface area contributed by atoms with Crippen molar-refractivity contribution in [2.24, 2.45) is 28.1 Å². The summed E-state index contributed by atoms with van der Waals surface area (Å²) in [7, 11) is 1.35. The lowest BCUT2D eigenvalue weighted by molar-refractivity contribution is -0.155. The van der Waals surface area contributed by atoms with Crippen LogP contribution >= 0.6 is 0 Å². The van der Waals surface area contributed by atoms with Gasteiger partial charge in [-0.05, 0) is 42.5 Å². The minimum atomic E-state index is -1.02. The highest BCUT2D eigenvalue weighted by atomic mass is 16.6. The van der Waals surface area contributed by atoms with Crippen molar-refractivity contribution < 1.29 is 38.1 Å². The van der Waals surface area contributed by atoms with Crippen molar-refractivity contribution in [3.63, 3.8) is 0 Å². The highest BCUT2D eigenvalue weighted by Crippen LogP contribution is 2.71. The molecule has 2 aliphatic carbocycles. The Morgan fingerprint density at radius 1 is 1.23 bits per heavy atom. The van der Waals surface area contributed by atoms with Crippen molar-refractivity contribution >= 4 is 17.7 Å². The molecule has 1 saturated heterocycles. The molecule has 214 valence electrons. The van der Waals surface area contributed by atoms with Gasteiger partial charge < -0.3 is 23.7 Å². The van der Waals surface area contributed by atoms with Crippen LogP contribution in [0.15, 0.2) is 46.8 Å². The molecule has 0 spiro atoms. The number of aliphatic hydroxyl groups excluding tert-OH is 1. The van der Waals surface area contributed by atoms with E-state index in [1.54, 1.807) is 32.4 Å². The molecule has 7 unspecified atom stereocenters. The molecular formula is C31H42O8. The van der Waals surface area contributed by atoms with E-state index < -0.39 is 27.9 Å². The van der Waals surface area contributed by atoms with Crippen LogP contribution in [0.25, 0.3) is 0 Å². The summed E-state index contributed by atoms with van der Waals surface area (Å²) in [4.78, 5) is 37.6. The third-order valence-corrected chi connectivity index (χ3v) is 9.75. The molecule has 1 N–H and O–H groups in total. The topological polar surface area (TPSA) is 116 Å². The largest absolute Gasteiger partial charge is 0.472 e. The van der Waals surface area contributed by atoms with Crippen LogP contribution in [0, 0.1) is 28.1 Å². The van der Waals surface area contributed by atoms with Gasteiger partial charge in [-0.3, -0.25) is 14.4 Å². The first-order chi connectivity index (χ1) is 18.1. The van der Waals surface area contributed by atoms with E-state index in [4.69, 9.17) is 18.6 Å². The fraction of sp³-hybridized carbons (Fsp3) is 0.645. The average molecular weight is 543 g/mol. The maximum absolute atomic E-state index is 12.9. The van der Waals surface area contributed by atoms with Gasteiger partial charge in [0.2, 0.25) is 0 Å². The van der Waals surface area contributed by atoms with Crippen LogP contribution in [-0.2, 0) is 28.6 Å². The zero-order chi connectivity index (χ0) is 29.0. The van der Waals surface area contributed by atoms with Gasteiger partial charge in [0.15, 0.2) is 5.78 Å². The fourth-order valence-electron chi connectivity index (χ4n) is 7.29. The van der Waals surface area contributed by atoms with Gasteiger partial charge in [-0.2, -0.15) is 0 Å². The normalized spacial score (nSPS) is 36.0. The lowest BCUT2D eigenvalue weighted by Crippen LogP contribution is -2.50. The second-order valence-corrected chi connectivity index (χ2v) is 12.7. The number of carbonyl (C=O) groups is 3. The lowest BCUT2D eigenvalue weighted by Gasteiger charge is -2.46. The molecule has 39 heavy (non-hydrogen) atoms. The number of rotatable bonds is 9. The smallest absolute Gasteiger partial charge is 0.308 e. The van der Waals surface area contributed by atoms with Crippen LogP contribution in [0.4, 0.5) is 0 Å². The second kappa shape index (κ2) is 10.0. The Bertz CT molecular complexity index is 1180. The van der Waals surface area contributed by atoms with E-state index in [1.807, 2.05) is 46.8 Å². The van der Waals surface area contributed by atoms with Crippen LogP contribution in [0.2, 0.25) is 0 Å². The first kappa shape index (κ1) is 29.3. The molecule has 2 fully saturated rings. The van der Waals surface area contributed by atoms with Crippen LogP contribution in [0.3, 0.4) is 0 Å². The summed E-state index contributed by atoms with van der Waals surface area (Å²) in [5.41, 5.74) is -1.27. The Labute approximate surface area is 230 Å². The van der Waals surface area contributed by atoms with E-state index in [0.717, 1.165) is 11.1 Å². The van der Waals surface area contributed by atoms with Crippen LogP contribution < -0.4 is 0 Å². The van der Waals surface area contributed by atoms with Crippen molar-refractivity contribution in [3.05, 3.63) is 48.0 Å². The van der Waals surface area contributed by atoms with Gasteiger partial charge in [0.05, 0.1) is 44.2 Å². The number of carbonyl (C=O) groups excluding carboxylic acids is 3. The third kappa shape index (κ3) is 4.59. The number of methoxy groups -OCH3 is 1. The predicted molar refractivity (Wildman–Crippen MR) is 143 cm³/mol. The van der Waals surface area contributed by atoms with Crippen LogP contribution in [0.5, 0.6) is 0 Å². The summed E-state index contributed by atoms with van der Waals surface area (Å²) < 4.78 is 22.3. The number of allylic oxidation sites excluding steroid dienone is 3. The Hall–Kier alpha value is -2.71. The van der Waals surface area contributed by atoms with Gasteiger partial charge in [0, 0.05) is 22.2 Å². The van der Waals surface area contributed by atoms with E-state index in [9.17, 15) is 19.5 Å². The van der Waals surface area contributed by atoms with Gasteiger partial charge in [0.25, 0.3) is 0 Å². The van der Waals surface area contributed by atoms with E-state index in [1.165, 1.54) is 7.11 Å². The SMILES string of the molecule is COC(=O)CC1C(C)(C=C(C)C23OC2CC(c2ccoc2)C3(C)C(O)COC(=O)C(C)C)C=CC(=O)C1(C)C. The first-order valence-electron chi connectivity index (χ1n) is 13.7. The quantitative estimate of drug-likeness (QED) is 0.270. The molecule has 1 aromatic rings. The molecule has 4 rings (SSSR count). The number of hydrogen-bond donors (Lipinski definition) is 1. The van der Waals surface area contributed by atoms with Gasteiger partial charge in [-0.15, -0.1) is 0 Å². The molecule has 0 aromatic carbocycles. The number of hydrogen-bond acceptors (Lipinski definition) is 8. The van der Waals surface area contributed by atoms with E-state index in [-0.39, 0.29) is 54.6 Å². The minimum Gasteiger partial charge on any atom is -0.472 e. The van der Waals surface area contributed by atoms with Crippen LogP contribution in [-0.4, -0.2) is 54.4 Å². The summed E-state index contributed by atoms with van der Waals surface area (Å²) in [5.74, 6) is -1.55. The standard InChI is InChI=1S/C31H42O8/c1-18(2)27(35)38-17-24(33)30(7)21(20-10-12-37-16-20)13-25-31(30,39-25)19(3)15-29(6)11-9-23(32)28(4,5)22(29)14-26(34)36-8/h9-12,15-16,18,21-22,24-25,33H,13-14,17H2,1-8H3. The Morgan fingerprint density at radius 2 is 1.92 bits per heavy atom. The zero-order valence-electron chi connectivity index (χ0n) is 24.3. The summed E-state index contributed by atoms with van der Waals surface area (Å²) in [5, 5.41) is 11.7. The molecule has 8 nitrogen and oxygen atoms in total. The highest BCUT2D eigenvalue weighted by molar-refractivity contribution is 5.96. The molecule has 0 amide bonds. The molecule has 3 aliphatic rings. The van der Waals surface area contributed by atoms with Gasteiger partial charge in [0.1, 0.15) is 12.2 Å². The highest BCUT2D eigenvalue weighted by Gasteiger charge is 2.77. The molecule has 1 aliphatic heterocycles. The Morgan fingerprint density at radius 3 is 2.51 bits per heavy atom. The van der Waals surface area contributed by atoms with Gasteiger partial charge in [-0.1, -0.05) is 53.7 Å². The van der Waals surface area contributed by atoms with E-state index in [2.05, 4.69) is 6.08 Å². The predicted octanol–water partition coefficient (Wildman–Crippen LogP) is 4.77. The van der Waals surface area contributed by atoms with Crippen molar-refractivity contribution in [2.45, 2.75) is 85.0 Å². The number of ketones is 1. The maximum Gasteiger partial charge on any atom is 0.308 e. The van der Waals surface area contributed by atoms with Crippen molar-refractivity contribution in [3.8, 4) is 0 Å². The first-order valence-corrected chi connectivity index (χ1v) is 13.7. The zero-order valence-corrected chi connectivity index (χ0v) is 24.3. The number of fused-ring (bicyclic) bond motifs is 1. The minimum absolute atomic E-state index is 0.0354. The maximum atomic E-state index is 12.9. The van der Waals surface area contributed by atoms with Gasteiger partial charge >= 0.3 is 11.9 Å². The Balaban J connectivity index is 1.76. The summed E-state index contributed by atoms with van der Waals surface area (Å²) in [6, 6.07) is 1.90. The molecule has 0 bridgehead atoms. The Kier molecular flexibility index (Phi) is 7.54. The number of aliphatic hydroxyl groups is 1. The third-order valence-electron chi connectivity index (χ3n) is 9.75. The molecular weight excluding hydrogens is 500 g/mol. The summed E-state index contributed by atoms with van der Waals surface area (Å²) in [6.07, 6.45) is 8.44. The number of epoxide rings is 1. The average Bonchev–Trinajstić information content (AvgIpc) is 3.24. The van der Waals surface area contributed by atoms with E-state index in [0.29, 0.717) is 6.42 Å². The fourth-order valence-corrected chi connectivity index (χ4v) is 7.29. The summed E-state index contributed by atoms with van der Waals surface area (Å²) in [6.45, 7) is 13.1. The molecule has 0 radical (unpaired) electrons. The molecule has 1 aromatic heterocycles. The molecule has 7 atom stereocenters. The van der Waals surface area contributed by atoms with Crippen LogP contribution in [0.1, 0.15) is 72.8 Å². The number of ether oxygens (including phenoxy) is 3. The number of furan rings is 1. The number of esters is 2. The van der Waals surface area contributed by atoms with Crippen molar-refractivity contribution in [2.75, 3.05) is 13.7 Å². The molecule has 2 heterocycles. The summed E-state index contributed by atoms with van der Waals surface area (Å²) >= 11 is 0. The lowest BCUT2D eigenvalue weighted by atomic mass is 9.56. The monoisotopic (exact) mass is 542 g/mol. The van der Waals surface area contributed by atoms with Crippen molar-refractivity contribution in [1.29, 1.82) is 0 Å².